The maximum atomic E-state index is 14.9. The highest BCUT2D eigenvalue weighted by Crippen LogP contribution is 2.37. The van der Waals surface area contributed by atoms with E-state index in [4.69, 9.17) is 5.73 Å². The monoisotopic (exact) mass is 404 g/mol. The van der Waals surface area contributed by atoms with Crippen molar-refractivity contribution in [3.05, 3.63) is 45.3 Å². The van der Waals surface area contributed by atoms with E-state index in [0.29, 0.717) is 37.9 Å². The van der Waals surface area contributed by atoms with Crippen molar-refractivity contribution in [1.29, 1.82) is 0 Å². The lowest BCUT2D eigenvalue weighted by Crippen LogP contribution is -2.27. The summed E-state index contributed by atoms with van der Waals surface area (Å²) in [6.07, 6.45) is 4.62. The predicted molar refractivity (Wildman–Crippen MR) is 104 cm³/mol. The summed E-state index contributed by atoms with van der Waals surface area (Å²) < 4.78 is 30.5. The van der Waals surface area contributed by atoms with E-state index in [0.717, 1.165) is 18.9 Å². The van der Waals surface area contributed by atoms with Crippen LogP contribution in [0, 0.1) is 5.82 Å². The maximum Gasteiger partial charge on any atom is 0.341 e. The van der Waals surface area contributed by atoms with Crippen molar-refractivity contribution < 1.29 is 18.7 Å². The number of nitrogens with zero attached hydrogens (tertiary/aromatic N) is 3. The first-order valence-electron chi connectivity index (χ1n) is 9.70. The fourth-order valence-corrected chi connectivity index (χ4v) is 3.86. The number of aromatic nitrogens is 2. The Balaban J connectivity index is 1.80. The molecule has 0 aromatic carbocycles. The Kier molecular flexibility index (Phi) is 5.08. The number of carbonyl (C=O) groups is 1. The highest BCUT2D eigenvalue weighted by atomic mass is 19.1. The summed E-state index contributed by atoms with van der Waals surface area (Å²) in [5.74, 6) is -2.25. The fraction of sp³-hybridized carbons (Fsp3) is 0.450. The van der Waals surface area contributed by atoms with Crippen LogP contribution in [0.4, 0.5) is 14.6 Å². The molecular weight excluding hydrogens is 382 g/mol. The molecule has 0 amide bonds. The van der Waals surface area contributed by atoms with Gasteiger partial charge in [0.15, 0.2) is 11.6 Å². The molecule has 3 heterocycles. The molecule has 2 aliphatic rings. The topological polar surface area (TPSA) is 101 Å². The zero-order chi connectivity index (χ0) is 20.7. The zero-order valence-electron chi connectivity index (χ0n) is 15.8. The van der Waals surface area contributed by atoms with Crippen LogP contribution < -0.4 is 16.1 Å². The molecule has 0 spiro atoms. The smallest absolute Gasteiger partial charge is 0.341 e. The van der Waals surface area contributed by atoms with Gasteiger partial charge in [-0.05, 0) is 43.7 Å². The van der Waals surface area contributed by atoms with Gasteiger partial charge in [0, 0.05) is 31.9 Å². The number of rotatable bonds is 4. The normalized spacial score (nSPS) is 19.3. The van der Waals surface area contributed by atoms with Crippen molar-refractivity contribution in [3.8, 4) is 0 Å². The molecule has 1 aliphatic heterocycles. The van der Waals surface area contributed by atoms with Crippen LogP contribution in [0.3, 0.4) is 0 Å². The SMILES string of the molecule is NC/C(F)=C1\CCCN(c2nc3c(cc2F)c(=O)c(C(=O)O)cn3C2CC2)CC1. The van der Waals surface area contributed by atoms with Crippen LogP contribution >= 0.6 is 0 Å². The molecule has 2 fully saturated rings. The molecular formula is C20H22F2N4O3. The number of carboxylic acids is 1. The first-order valence-corrected chi connectivity index (χ1v) is 9.70. The van der Waals surface area contributed by atoms with Crippen LogP contribution in [-0.2, 0) is 0 Å². The highest BCUT2D eigenvalue weighted by molar-refractivity contribution is 5.92. The minimum Gasteiger partial charge on any atom is -0.477 e. The highest BCUT2D eigenvalue weighted by Gasteiger charge is 2.29. The number of halogens is 2. The minimum absolute atomic E-state index is 0.0392. The van der Waals surface area contributed by atoms with E-state index in [2.05, 4.69) is 4.98 Å². The first kappa shape index (κ1) is 19.5. The summed E-state index contributed by atoms with van der Waals surface area (Å²) in [7, 11) is 0. The molecule has 2 aromatic heterocycles. The third-order valence-electron chi connectivity index (χ3n) is 5.56. The molecule has 4 rings (SSSR count). The van der Waals surface area contributed by atoms with E-state index in [1.807, 2.05) is 0 Å². The summed E-state index contributed by atoms with van der Waals surface area (Å²) in [4.78, 5) is 30.2. The van der Waals surface area contributed by atoms with E-state index in [1.165, 1.54) is 6.20 Å². The molecule has 3 N–H and O–H groups in total. The lowest BCUT2D eigenvalue weighted by molar-refractivity contribution is 0.0695. The van der Waals surface area contributed by atoms with E-state index < -0.39 is 17.2 Å². The summed E-state index contributed by atoms with van der Waals surface area (Å²) >= 11 is 0. The van der Waals surface area contributed by atoms with Gasteiger partial charge in [0.1, 0.15) is 17.0 Å². The standard InChI is InChI=1S/C20H22F2N4O3/c21-15-8-13-17(27)14(20(28)29)10-26(12-3-4-12)18(13)24-19(15)25-6-1-2-11(5-7-25)16(22)9-23/h8,10,12H,1-7,9,23H2,(H,28,29)/b16-11-. The van der Waals surface area contributed by atoms with Gasteiger partial charge in [0.05, 0.1) is 5.39 Å². The summed E-state index contributed by atoms with van der Waals surface area (Å²) in [6, 6.07) is 1.13. The van der Waals surface area contributed by atoms with Gasteiger partial charge in [0.2, 0.25) is 5.43 Å². The van der Waals surface area contributed by atoms with Crippen LogP contribution in [0.1, 0.15) is 48.5 Å². The summed E-state index contributed by atoms with van der Waals surface area (Å²) in [6.45, 7) is 0.744. The number of hydrogen-bond donors (Lipinski definition) is 2. The van der Waals surface area contributed by atoms with Gasteiger partial charge >= 0.3 is 5.97 Å². The van der Waals surface area contributed by atoms with Crippen molar-refractivity contribution >= 4 is 22.8 Å². The van der Waals surface area contributed by atoms with E-state index in [9.17, 15) is 23.5 Å². The largest absolute Gasteiger partial charge is 0.477 e. The molecule has 0 atom stereocenters. The molecule has 7 nitrogen and oxygen atoms in total. The lowest BCUT2D eigenvalue weighted by Gasteiger charge is -2.23. The number of hydrogen-bond acceptors (Lipinski definition) is 5. The van der Waals surface area contributed by atoms with Crippen molar-refractivity contribution in [3.63, 3.8) is 0 Å². The third kappa shape index (κ3) is 3.62. The summed E-state index contributed by atoms with van der Waals surface area (Å²) in [5.41, 5.74) is 5.20. The Morgan fingerprint density at radius 2 is 2.07 bits per heavy atom. The van der Waals surface area contributed by atoms with Gasteiger partial charge < -0.3 is 20.3 Å². The molecule has 1 aliphatic carbocycles. The van der Waals surface area contributed by atoms with Gasteiger partial charge in [-0.3, -0.25) is 4.79 Å². The Bertz CT molecular complexity index is 1080. The van der Waals surface area contributed by atoms with Crippen LogP contribution in [0.25, 0.3) is 11.0 Å². The van der Waals surface area contributed by atoms with E-state index >= 15 is 0 Å². The molecule has 0 radical (unpaired) electrons. The van der Waals surface area contributed by atoms with E-state index in [-0.39, 0.29) is 40.8 Å². The second kappa shape index (κ2) is 7.55. The van der Waals surface area contributed by atoms with Crippen molar-refractivity contribution in [1.82, 2.24) is 9.55 Å². The number of anilines is 1. The van der Waals surface area contributed by atoms with Crippen LogP contribution in [0.5, 0.6) is 0 Å². The fourth-order valence-electron chi connectivity index (χ4n) is 3.86. The van der Waals surface area contributed by atoms with E-state index in [1.54, 1.807) is 9.47 Å². The quantitative estimate of drug-likeness (QED) is 0.813. The number of pyridine rings is 2. The molecule has 29 heavy (non-hydrogen) atoms. The average Bonchev–Trinajstić information content (AvgIpc) is 3.54. The van der Waals surface area contributed by atoms with Gasteiger partial charge in [-0.15, -0.1) is 0 Å². The molecule has 1 saturated heterocycles. The lowest BCUT2D eigenvalue weighted by atomic mass is 10.1. The van der Waals surface area contributed by atoms with Gasteiger partial charge in [0.25, 0.3) is 0 Å². The van der Waals surface area contributed by atoms with Gasteiger partial charge in [-0.1, -0.05) is 0 Å². The Labute approximate surface area is 165 Å². The maximum absolute atomic E-state index is 14.9. The molecule has 1 saturated carbocycles. The number of carboxylic acid groups (broad SMARTS) is 1. The number of fused-ring (bicyclic) bond motifs is 1. The summed E-state index contributed by atoms with van der Waals surface area (Å²) in [5, 5.41) is 9.28. The van der Waals surface area contributed by atoms with Gasteiger partial charge in [-0.2, -0.15) is 0 Å². The van der Waals surface area contributed by atoms with Crippen molar-refractivity contribution in [2.24, 2.45) is 5.73 Å². The molecule has 0 bridgehead atoms. The first-order chi connectivity index (χ1) is 13.9. The average molecular weight is 404 g/mol. The molecule has 2 aromatic rings. The predicted octanol–water partition coefficient (Wildman–Crippen LogP) is 2.74. The Morgan fingerprint density at radius 1 is 1.31 bits per heavy atom. The van der Waals surface area contributed by atoms with Gasteiger partial charge in [-0.25, -0.2) is 18.6 Å². The Hall–Kier alpha value is -2.81. The minimum atomic E-state index is -1.34. The zero-order valence-corrected chi connectivity index (χ0v) is 15.8. The Morgan fingerprint density at radius 3 is 2.72 bits per heavy atom. The van der Waals surface area contributed by atoms with Crippen LogP contribution in [0.15, 0.2) is 28.5 Å². The molecule has 154 valence electrons. The molecule has 0 unspecified atom stereocenters. The number of aromatic carboxylic acids is 1. The molecule has 9 heteroatoms. The third-order valence-corrected chi connectivity index (χ3v) is 5.56. The second-order valence-corrected chi connectivity index (χ2v) is 7.53. The second-order valence-electron chi connectivity index (χ2n) is 7.53. The number of nitrogens with two attached hydrogens (primary N) is 1. The van der Waals surface area contributed by atoms with Crippen molar-refractivity contribution in [2.45, 2.75) is 38.1 Å². The van der Waals surface area contributed by atoms with Crippen LogP contribution in [-0.4, -0.2) is 40.3 Å². The van der Waals surface area contributed by atoms with Crippen LogP contribution in [0.2, 0.25) is 0 Å². The van der Waals surface area contributed by atoms with Crippen molar-refractivity contribution in [2.75, 3.05) is 24.5 Å².